The molecule has 2 N–H and O–H groups in total. The third kappa shape index (κ3) is 4.64. The topological polar surface area (TPSA) is 29.3 Å². The van der Waals surface area contributed by atoms with Crippen LogP contribution in [0, 0.1) is 5.41 Å². The minimum absolute atomic E-state index is 0.228. The number of likely N-dealkylation sites (N-methyl/N-ethyl adjacent to an activating group) is 1. The van der Waals surface area contributed by atoms with Gasteiger partial charge in [-0.15, -0.1) is 11.3 Å². The Bertz CT molecular complexity index is 280. The summed E-state index contributed by atoms with van der Waals surface area (Å²) in [5.41, 5.74) is 6.00. The Morgan fingerprint density at radius 3 is 2.69 bits per heavy atom. The highest BCUT2D eigenvalue weighted by Crippen LogP contribution is 2.16. The summed E-state index contributed by atoms with van der Waals surface area (Å²) in [7, 11) is 0. The number of hydrogen-bond donors (Lipinski definition) is 1. The van der Waals surface area contributed by atoms with E-state index in [0.717, 1.165) is 32.6 Å². The zero-order valence-corrected chi connectivity index (χ0v) is 11.5. The van der Waals surface area contributed by atoms with E-state index in [1.54, 1.807) is 0 Å². The highest BCUT2D eigenvalue weighted by atomic mass is 32.1. The molecule has 2 nitrogen and oxygen atoms in total. The summed E-state index contributed by atoms with van der Waals surface area (Å²) in [6, 6.07) is 4.34. The molecule has 1 aromatic rings. The van der Waals surface area contributed by atoms with Crippen molar-refractivity contribution in [2.24, 2.45) is 11.1 Å². The lowest BCUT2D eigenvalue weighted by atomic mass is 9.93. The number of nitrogens with zero attached hydrogens (tertiary/aromatic N) is 1. The Kier molecular flexibility index (Phi) is 5.46. The van der Waals surface area contributed by atoms with Gasteiger partial charge in [-0.05, 0) is 36.4 Å². The molecule has 0 aliphatic carbocycles. The molecule has 0 radical (unpaired) electrons. The summed E-state index contributed by atoms with van der Waals surface area (Å²) in [6.07, 6.45) is 1.16. The van der Waals surface area contributed by atoms with E-state index in [0.29, 0.717) is 0 Å². The van der Waals surface area contributed by atoms with E-state index >= 15 is 0 Å². The molecule has 1 rings (SSSR count). The van der Waals surface area contributed by atoms with Gasteiger partial charge in [0.25, 0.3) is 0 Å². The van der Waals surface area contributed by atoms with Gasteiger partial charge in [-0.25, -0.2) is 0 Å². The number of nitrogens with two attached hydrogens (primary N) is 1. The lowest BCUT2D eigenvalue weighted by molar-refractivity contribution is 0.192. The first-order valence-corrected chi connectivity index (χ1v) is 6.90. The first-order chi connectivity index (χ1) is 7.57. The van der Waals surface area contributed by atoms with Gasteiger partial charge in [0, 0.05) is 18.0 Å². The third-order valence-electron chi connectivity index (χ3n) is 2.91. The van der Waals surface area contributed by atoms with Crippen LogP contribution < -0.4 is 5.73 Å². The van der Waals surface area contributed by atoms with Crippen molar-refractivity contribution < 1.29 is 0 Å². The molecular weight excluding hydrogens is 216 g/mol. The van der Waals surface area contributed by atoms with Crippen molar-refractivity contribution in [3.05, 3.63) is 22.4 Å². The Balaban J connectivity index is 2.37. The molecule has 0 saturated heterocycles. The van der Waals surface area contributed by atoms with Crippen molar-refractivity contribution in [1.82, 2.24) is 4.90 Å². The maximum Gasteiger partial charge on any atom is 0.00579 e. The molecule has 0 aliphatic heterocycles. The molecule has 0 spiro atoms. The first-order valence-electron chi connectivity index (χ1n) is 6.02. The van der Waals surface area contributed by atoms with Crippen molar-refractivity contribution in [1.29, 1.82) is 0 Å². The molecule has 0 unspecified atom stereocenters. The van der Waals surface area contributed by atoms with Crippen LogP contribution >= 0.6 is 11.3 Å². The standard InChI is InChI=1S/C13H24N2S/c1-4-15(11-13(2,3)10-14)8-7-12-6-5-9-16-12/h5-6,9H,4,7-8,10-11,14H2,1-3H3. The van der Waals surface area contributed by atoms with E-state index in [4.69, 9.17) is 5.73 Å². The molecule has 0 aliphatic rings. The summed E-state index contributed by atoms with van der Waals surface area (Å²) in [5, 5.41) is 2.15. The first kappa shape index (κ1) is 13.7. The highest BCUT2D eigenvalue weighted by molar-refractivity contribution is 7.09. The molecule has 0 aromatic carbocycles. The fourth-order valence-electron chi connectivity index (χ4n) is 1.74. The SMILES string of the molecule is CCN(CCc1cccs1)CC(C)(C)CN. The minimum atomic E-state index is 0.228. The monoisotopic (exact) mass is 240 g/mol. The lowest BCUT2D eigenvalue weighted by Gasteiger charge is -2.30. The maximum atomic E-state index is 5.78. The van der Waals surface area contributed by atoms with Gasteiger partial charge in [-0.2, -0.15) is 0 Å². The Morgan fingerprint density at radius 2 is 2.19 bits per heavy atom. The van der Waals surface area contributed by atoms with E-state index in [1.807, 2.05) is 11.3 Å². The van der Waals surface area contributed by atoms with Crippen LogP contribution in [0.1, 0.15) is 25.6 Å². The summed E-state index contributed by atoms with van der Waals surface area (Å²) in [6.45, 7) is 10.8. The second kappa shape index (κ2) is 6.38. The second-order valence-corrected chi connectivity index (χ2v) is 6.10. The Labute approximate surface area is 103 Å². The summed E-state index contributed by atoms with van der Waals surface area (Å²) < 4.78 is 0. The van der Waals surface area contributed by atoms with Crippen LogP contribution in [0.5, 0.6) is 0 Å². The summed E-state index contributed by atoms with van der Waals surface area (Å²) in [4.78, 5) is 3.97. The number of rotatable bonds is 7. The van der Waals surface area contributed by atoms with Gasteiger partial charge in [-0.3, -0.25) is 0 Å². The fraction of sp³-hybridized carbons (Fsp3) is 0.692. The van der Waals surface area contributed by atoms with Crippen molar-refractivity contribution in [3.63, 3.8) is 0 Å². The molecule has 0 amide bonds. The summed E-state index contributed by atoms with van der Waals surface area (Å²) >= 11 is 1.85. The predicted molar refractivity (Wildman–Crippen MR) is 73.0 cm³/mol. The maximum absolute atomic E-state index is 5.78. The molecule has 1 aromatic heterocycles. The Hall–Kier alpha value is -0.380. The van der Waals surface area contributed by atoms with Gasteiger partial charge in [0.05, 0.1) is 0 Å². The van der Waals surface area contributed by atoms with E-state index in [2.05, 4.69) is 43.2 Å². The predicted octanol–water partition coefficient (Wildman–Crippen LogP) is 2.60. The van der Waals surface area contributed by atoms with Crippen LogP contribution in [0.2, 0.25) is 0 Å². The zero-order chi connectivity index (χ0) is 12.0. The van der Waals surface area contributed by atoms with Gasteiger partial charge in [-0.1, -0.05) is 26.8 Å². The summed E-state index contributed by atoms with van der Waals surface area (Å²) in [5.74, 6) is 0. The zero-order valence-electron chi connectivity index (χ0n) is 10.7. The van der Waals surface area contributed by atoms with Crippen LogP contribution in [0.3, 0.4) is 0 Å². The number of hydrogen-bond acceptors (Lipinski definition) is 3. The van der Waals surface area contributed by atoms with E-state index < -0.39 is 0 Å². The van der Waals surface area contributed by atoms with Crippen molar-refractivity contribution in [2.75, 3.05) is 26.2 Å². The van der Waals surface area contributed by atoms with Crippen LogP contribution in [0.4, 0.5) is 0 Å². The van der Waals surface area contributed by atoms with Crippen molar-refractivity contribution in [2.45, 2.75) is 27.2 Å². The fourth-order valence-corrected chi connectivity index (χ4v) is 2.44. The van der Waals surface area contributed by atoms with Gasteiger partial charge in [0.1, 0.15) is 0 Å². The van der Waals surface area contributed by atoms with Crippen molar-refractivity contribution >= 4 is 11.3 Å². The lowest BCUT2D eigenvalue weighted by Crippen LogP contribution is -2.39. The normalized spacial score (nSPS) is 12.3. The van der Waals surface area contributed by atoms with Gasteiger partial charge in [0.2, 0.25) is 0 Å². The van der Waals surface area contributed by atoms with Crippen LogP contribution in [0.15, 0.2) is 17.5 Å². The van der Waals surface area contributed by atoms with E-state index in [9.17, 15) is 0 Å². The van der Waals surface area contributed by atoms with E-state index in [1.165, 1.54) is 4.88 Å². The molecule has 0 fully saturated rings. The van der Waals surface area contributed by atoms with Crippen molar-refractivity contribution in [3.8, 4) is 0 Å². The van der Waals surface area contributed by atoms with Gasteiger partial charge >= 0.3 is 0 Å². The van der Waals surface area contributed by atoms with Crippen LogP contribution in [0.25, 0.3) is 0 Å². The van der Waals surface area contributed by atoms with Crippen LogP contribution in [-0.2, 0) is 6.42 Å². The average molecular weight is 240 g/mol. The molecule has 0 saturated carbocycles. The quantitative estimate of drug-likeness (QED) is 0.794. The largest absolute Gasteiger partial charge is 0.330 e. The molecule has 1 heterocycles. The molecule has 16 heavy (non-hydrogen) atoms. The van der Waals surface area contributed by atoms with E-state index in [-0.39, 0.29) is 5.41 Å². The third-order valence-corrected chi connectivity index (χ3v) is 3.84. The molecule has 92 valence electrons. The van der Waals surface area contributed by atoms with Gasteiger partial charge in [0.15, 0.2) is 0 Å². The Morgan fingerprint density at radius 1 is 1.44 bits per heavy atom. The highest BCUT2D eigenvalue weighted by Gasteiger charge is 2.19. The molecule has 3 heteroatoms. The van der Waals surface area contributed by atoms with Crippen LogP contribution in [-0.4, -0.2) is 31.1 Å². The minimum Gasteiger partial charge on any atom is -0.330 e. The average Bonchev–Trinajstić information content (AvgIpc) is 2.77. The smallest absolute Gasteiger partial charge is 0.00579 e. The molecule has 0 bridgehead atoms. The molecular formula is C13H24N2S. The number of thiophene rings is 1. The molecule has 0 atom stereocenters. The second-order valence-electron chi connectivity index (χ2n) is 5.07. The van der Waals surface area contributed by atoms with Gasteiger partial charge < -0.3 is 10.6 Å².